The summed E-state index contributed by atoms with van der Waals surface area (Å²) in [4.78, 5) is 11.6. The predicted molar refractivity (Wildman–Crippen MR) is 73.3 cm³/mol. The third-order valence-electron chi connectivity index (χ3n) is 1.94. The van der Waals surface area contributed by atoms with Crippen LogP contribution in [0.15, 0.2) is 26.5 Å². The van der Waals surface area contributed by atoms with Gasteiger partial charge in [-0.15, -0.1) is 10.2 Å². The van der Waals surface area contributed by atoms with Crippen LogP contribution in [0.4, 0.5) is 14.5 Å². The van der Waals surface area contributed by atoms with Gasteiger partial charge in [0.2, 0.25) is 5.91 Å². The summed E-state index contributed by atoms with van der Waals surface area (Å²) >= 11 is 5.49. The molecule has 0 saturated carbocycles. The van der Waals surface area contributed by atoms with Gasteiger partial charge in [0, 0.05) is 10.5 Å². The van der Waals surface area contributed by atoms with Gasteiger partial charge in [-0.1, -0.05) is 23.1 Å². The van der Waals surface area contributed by atoms with Crippen molar-refractivity contribution in [3.05, 3.63) is 33.8 Å². The Kier molecular flexibility index (Phi) is 4.83. The quantitative estimate of drug-likeness (QED) is 0.844. The molecule has 0 spiro atoms. The van der Waals surface area contributed by atoms with E-state index in [2.05, 4.69) is 31.4 Å². The molecule has 0 aliphatic heterocycles. The number of halogens is 3. The number of hydrogen-bond donors (Lipinski definition) is 1. The second-order valence-electron chi connectivity index (χ2n) is 3.29. The van der Waals surface area contributed by atoms with Gasteiger partial charge in [-0.3, -0.25) is 4.79 Å². The molecular formula is C10H6BrF2N3OS2. The number of amides is 1. The van der Waals surface area contributed by atoms with Crippen LogP contribution in [0.3, 0.4) is 0 Å². The minimum absolute atomic E-state index is 0.0679. The molecule has 9 heteroatoms. The van der Waals surface area contributed by atoms with Gasteiger partial charge < -0.3 is 5.32 Å². The molecule has 19 heavy (non-hydrogen) atoms. The van der Waals surface area contributed by atoms with Crippen molar-refractivity contribution in [3.63, 3.8) is 0 Å². The average molecular weight is 366 g/mol. The first-order valence-electron chi connectivity index (χ1n) is 4.89. The summed E-state index contributed by atoms with van der Waals surface area (Å²) in [5.74, 6) is -1.89. The van der Waals surface area contributed by atoms with Gasteiger partial charge in [0.1, 0.15) is 11.3 Å². The van der Waals surface area contributed by atoms with Crippen LogP contribution in [0.25, 0.3) is 0 Å². The van der Waals surface area contributed by atoms with Crippen LogP contribution in [0, 0.1) is 11.6 Å². The molecule has 1 N–H and O–H groups in total. The van der Waals surface area contributed by atoms with Gasteiger partial charge in [0.05, 0.1) is 11.4 Å². The van der Waals surface area contributed by atoms with Crippen molar-refractivity contribution in [2.75, 3.05) is 11.1 Å². The minimum atomic E-state index is -0.832. The molecule has 2 aromatic rings. The average Bonchev–Trinajstić information content (AvgIpc) is 2.84. The monoisotopic (exact) mass is 365 g/mol. The van der Waals surface area contributed by atoms with Crippen molar-refractivity contribution in [1.29, 1.82) is 0 Å². The summed E-state index contributed by atoms with van der Waals surface area (Å²) in [6.45, 7) is 0. The first kappa shape index (κ1) is 14.4. The molecule has 1 heterocycles. The highest BCUT2D eigenvalue weighted by molar-refractivity contribution is 9.10. The van der Waals surface area contributed by atoms with Gasteiger partial charge in [-0.2, -0.15) is 0 Å². The molecule has 0 fully saturated rings. The van der Waals surface area contributed by atoms with Crippen molar-refractivity contribution >= 4 is 50.6 Å². The largest absolute Gasteiger partial charge is 0.322 e. The van der Waals surface area contributed by atoms with E-state index >= 15 is 0 Å². The molecule has 1 aromatic heterocycles. The number of anilines is 1. The highest BCUT2D eigenvalue weighted by atomic mass is 79.9. The number of benzene rings is 1. The summed E-state index contributed by atoms with van der Waals surface area (Å²) in [5, 5.41) is 9.77. The number of carbonyl (C=O) groups is 1. The Labute approximate surface area is 123 Å². The summed E-state index contributed by atoms with van der Waals surface area (Å²) in [6, 6.07) is 1.79. The van der Waals surface area contributed by atoms with E-state index < -0.39 is 17.5 Å². The molecule has 0 aliphatic rings. The molecule has 0 atom stereocenters. The topological polar surface area (TPSA) is 54.9 Å². The van der Waals surface area contributed by atoms with Crippen LogP contribution in [-0.2, 0) is 4.79 Å². The number of nitrogens with zero attached hydrogens (tertiary/aromatic N) is 2. The van der Waals surface area contributed by atoms with Crippen LogP contribution >= 0.6 is 39.0 Å². The Morgan fingerprint density at radius 1 is 1.47 bits per heavy atom. The van der Waals surface area contributed by atoms with Gasteiger partial charge in [0.15, 0.2) is 10.2 Å². The Balaban J connectivity index is 1.99. The Hall–Kier alpha value is -1.06. The number of thioether (sulfide) groups is 1. The van der Waals surface area contributed by atoms with Crippen molar-refractivity contribution in [2.45, 2.75) is 4.34 Å². The van der Waals surface area contributed by atoms with E-state index in [0.29, 0.717) is 10.4 Å². The lowest BCUT2D eigenvalue weighted by molar-refractivity contribution is -0.113. The van der Waals surface area contributed by atoms with Gasteiger partial charge >= 0.3 is 0 Å². The summed E-state index contributed by atoms with van der Waals surface area (Å²) in [7, 11) is 0. The van der Waals surface area contributed by atoms with Crippen molar-refractivity contribution in [1.82, 2.24) is 10.2 Å². The van der Waals surface area contributed by atoms with E-state index in [-0.39, 0.29) is 15.9 Å². The third kappa shape index (κ3) is 3.95. The molecular weight excluding hydrogens is 360 g/mol. The molecule has 0 bridgehead atoms. The Morgan fingerprint density at radius 3 is 2.89 bits per heavy atom. The Morgan fingerprint density at radius 2 is 2.26 bits per heavy atom. The lowest BCUT2D eigenvalue weighted by Crippen LogP contribution is -2.15. The SMILES string of the molecule is O=C(CSc1nncs1)Nc1c(F)cc(F)cc1Br. The first-order valence-corrected chi connectivity index (χ1v) is 7.55. The molecule has 100 valence electrons. The molecule has 0 radical (unpaired) electrons. The molecule has 0 saturated heterocycles. The third-order valence-corrected chi connectivity index (χ3v) is 4.42. The number of nitrogens with one attached hydrogen (secondary N) is 1. The van der Waals surface area contributed by atoms with Crippen molar-refractivity contribution < 1.29 is 13.6 Å². The number of hydrogen-bond acceptors (Lipinski definition) is 5. The Bertz CT molecular complexity index is 571. The van der Waals surface area contributed by atoms with Crippen LogP contribution < -0.4 is 5.32 Å². The number of carbonyl (C=O) groups excluding carboxylic acids is 1. The summed E-state index contributed by atoms with van der Waals surface area (Å²) < 4.78 is 27.2. The van der Waals surface area contributed by atoms with E-state index in [4.69, 9.17) is 0 Å². The van der Waals surface area contributed by atoms with Crippen LogP contribution in [0.1, 0.15) is 0 Å². The van der Waals surface area contributed by atoms with Crippen LogP contribution in [0.2, 0.25) is 0 Å². The smallest absolute Gasteiger partial charge is 0.234 e. The molecule has 0 aliphatic carbocycles. The fourth-order valence-corrected chi connectivity index (χ4v) is 2.99. The number of aromatic nitrogens is 2. The van der Waals surface area contributed by atoms with Gasteiger partial charge in [0.25, 0.3) is 0 Å². The highest BCUT2D eigenvalue weighted by Crippen LogP contribution is 2.27. The molecule has 1 aromatic carbocycles. The van der Waals surface area contributed by atoms with E-state index in [1.807, 2.05) is 0 Å². The zero-order valence-electron chi connectivity index (χ0n) is 9.19. The fraction of sp³-hybridized carbons (Fsp3) is 0.100. The van der Waals surface area contributed by atoms with Crippen molar-refractivity contribution in [2.24, 2.45) is 0 Å². The zero-order valence-corrected chi connectivity index (χ0v) is 12.4. The second-order valence-corrected chi connectivity index (χ2v) is 6.20. The second kappa shape index (κ2) is 6.40. The standard InChI is InChI=1S/C10H6BrF2N3OS2/c11-6-1-5(12)2-7(13)9(6)15-8(17)3-18-10-16-14-4-19-10/h1-2,4H,3H2,(H,15,17). The normalized spacial score (nSPS) is 10.5. The van der Waals surface area contributed by atoms with Crippen molar-refractivity contribution in [3.8, 4) is 0 Å². The maximum Gasteiger partial charge on any atom is 0.234 e. The summed E-state index contributed by atoms with van der Waals surface area (Å²) in [5.41, 5.74) is 1.47. The zero-order chi connectivity index (χ0) is 13.8. The maximum atomic E-state index is 13.5. The lowest BCUT2D eigenvalue weighted by atomic mass is 10.3. The number of rotatable bonds is 4. The first-order chi connectivity index (χ1) is 9.06. The van der Waals surface area contributed by atoms with E-state index in [1.165, 1.54) is 23.1 Å². The van der Waals surface area contributed by atoms with Gasteiger partial charge in [-0.25, -0.2) is 8.78 Å². The minimum Gasteiger partial charge on any atom is -0.322 e. The highest BCUT2D eigenvalue weighted by Gasteiger charge is 2.13. The molecule has 1 amide bonds. The lowest BCUT2D eigenvalue weighted by Gasteiger charge is -2.08. The molecule has 4 nitrogen and oxygen atoms in total. The van der Waals surface area contributed by atoms with Gasteiger partial charge in [-0.05, 0) is 22.0 Å². The van der Waals surface area contributed by atoms with Crippen LogP contribution in [0.5, 0.6) is 0 Å². The molecule has 0 unspecified atom stereocenters. The van der Waals surface area contributed by atoms with Crippen LogP contribution in [-0.4, -0.2) is 21.9 Å². The van der Waals surface area contributed by atoms with E-state index in [1.54, 1.807) is 5.51 Å². The van der Waals surface area contributed by atoms with E-state index in [0.717, 1.165) is 6.07 Å². The van der Waals surface area contributed by atoms with E-state index in [9.17, 15) is 13.6 Å². The predicted octanol–water partition coefficient (Wildman–Crippen LogP) is 3.31. The molecule has 2 rings (SSSR count). The fourth-order valence-electron chi connectivity index (χ4n) is 1.19. The maximum absolute atomic E-state index is 13.5. The summed E-state index contributed by atoms with van der Waals surface area (Å²) in [6.07, 6.45) is 0.